The van der Waals surface area contributed by atoms with Gasteiger partial charge in [-0.25, -0.2) is 9.97 Å². The normalized spacial score (nSPS) is 20.2. The first-order valence-corrected chi connectivity index (χ1v) is 9.68. The van der Waals surface area contributed by atoms with Gasteiger partial charge in [0.05, 0.1) is 17.8 Å². The standard InChI is InChI=1S/C20H26N6O/c1-25-9-3-2-6-16(25)12-22-19-17-7-10-26(13-18(17)23-14-24-19)20(27)15-5-4-8-21-11-15/h4-5,8,11,14,16H,2-3,6-7,9-10,12-13H2,1H3,(H,22,23,24). The molecule has 4 rings (SSSR count). The van der Waals surface area contributed by atoms with E-state index in [1.54, 1.807) is 30.9 Å². The Morgan fingerprint density at radius 3 is 3.04 bits per heavy atom. The van der Waals surface area contributed by atoms with Gasteiger partial charge in [-0.05, 0) is 45.0 Å². The number of anilines is 1. The molecule has 2 aromatic rings. The van der Waals surface area contributed by atoms with Crippen LogP contribution in [0.2, 0.25) is 0 Å². The number of hydrogen-bond donors (Lipinski definition) is 1. The van der Waals surface area contributed by atoms with Crippen LogP contribution in [0.25, 0.3) is 0 Å². The predicted octanol–water partition coefficient (Wildman–Crippen LogP) is 1.97. The maximum absolute atomic E-state index is 12.7. The number of nitrogens with one attached hydrogen (secondary N) is 1. The van der Waals surface area contributed by atoms with Crippen LogP contribution in [-0.2, 0) is 13.0 Å². The highest BCUT2D eigenvalue weighted by atomic mass is 16.2. The van der Waals surface area contributed by atoms with Gasteiger partial charge in [0.1, 0.15) is 12.1 Å². The van der Waals surface area contributed by atoms with E-state index < -0.39 is 0 Å². The minimum Gasteiger partial charge on any atom is -0.368 e. The van der Waals surface area contributed by atoms with Gasteiger partial charge in [0, 0.05) is 37.1 Å². The van der Waals surface area contributed by atoms with Gasteiger partial charge in [-0.2, -0.15) is 0 Å². The highest BCUT2D eigenvalue weighted by Crippen LogP contribution is 2.24. The fourth-order valence-corrected chi connectivity index (χ4v) is 3.97. The minimum atomic E-state index is 0.00528. The molecular weight excluding hydrogens is 340 g/mol. The monoisotopic (exact) mass is 366 g/mol. The van der Waals surface area contributed by atoms with E-state index in [2.05, 4.69) is 32.2 Å². The summed E-state index contributed by atoms with van der Waals surface area (Å²) in [6, 6.07) is 4.15. The third kappa shape index (κ3) is 3.93. The topological polar surface area (TPSA) is 74.2 Å². The number of carbonyl (C=O) groups excluding carboxylic acids is 1. The molecule has 2 aliphatic rings. The molecule has 1 saturated heterocycles. The Morgan fingerprint density at radius 2 is 2.22 bits per heavy atom. The molecule has 1 fully saturated rings. The van der Waals surface area contributed by atoms with Gasteiger partial charge >= 0.3 is 0 Å². The maximum atomic E-state index is 12.7. The van der Waals surface area contributed by atoms with Crippen molar-refractivity contribution in [2.45, 2.75) is 38.3 Å². The van der Waals surface area contributed by atoms with Crippen molar-refractivity contribution < 1.29 is 4.79 Å². The Labute approximate surface area is 159 Å². The van der Waals surface area contributed by atoms with E-state index in [0.717, 1.165) is 30.0 Å². The molecule has 0 aromatic carbocycles. The van der Waals surface area contributed by atoms with Crippen molar-refractivity contribution in [3.05, 3.63) is 47.7 Å². The van der Waals surface area contributed by atoms with Gasteiger partial charge in [-0.15, -0.1) is 0 Å². The van der Waals surface area contributed by atoms with E-state index >= 15 is 0 Å². The zero-order chi connectivity index (χ0) is 18.6. The lowest BCUT2D eigenvalue weighted by atomic mass is 10.0. The van der Waals surface area contributed by atoms with E-state index in [1.165, 1.54) is 25.8 Å². The van der Waals surface area contributed by atoms with Gasteiger partial charge in [0.2, 0.25) is 0 Å². The molecule has 0 spiro atoms. The average molecular weight is 366 g/mol. The second kappa shape index (κ2) is 8.00. The SMILES string of the molecule is CN1CCCCC1CNc1ncnc2c1CCN(C(=O)c1cccnc1)C2. The summed E-state index contributed by atoms with van der Waals surface area (Å²) in [6.45, 7) is 3.26. The number of fused-ring (bicyclic) bond motifs is 1. The number of likely N-dealkylation sites (tertiary alicyclic amines) is 1. The molecule has 1 unspecified atom stereocenters. The Hall–Kier alpha value is -2.54. The number of carbonyl (C=O) groups is 1. The van der Waals surface area contributed by atoms with Crippen molar-refractivity contribution in [3.63, 3.8) is 0 Å². The molecule has 7 nitrogen and oxygen atoms in total. The lowest BCUT2D eigenvalue weighted by Crippen LogP contribution is -2.41. The summed E-state index contributed by atoms with van der Waals surface area (Å²) >= 11 is 0. The zero-order valence-electron chi connectivity index (χ0n) is 15.8. The molecule has 0 saturated carbocycles. The van der Waals surface area contributed by atoms with Crippen LogP contribution in [0.4, 0.5) is 5.82 Å². The van der Waals surface area contributed by atoms with Gasteiger partial charge in [0.15, 0.2) is 0 Å². The molecule has 2 aliphatic heterocycles. The van der Waals surface area contributed by atoms with Crippen LogP contribution in [0.15, 0.2) is 30.9 Å². The summed E-state index contributed by atoms with van der Waals surface area (Å²) in [5.74, 6) is 0.929. The number of amides is 1. The molecule has 2 aromatic heterocycles. The minimum absolute atomic E-state index is 0.00528. The quantitative estimate of drug-likeness (QED) is 0.892. The van der Waals surface area contributed by atoms with Crippen LogP contribution in [-0.4, -0.2) is 63.4 Å². The summed E-state index contributed by atoms with van der Waals surface area (Å²) in [7, 11) is 2.20. The molecule has 4 heterocycles. The first kappa shape index (κ1) is 17.9. The van der Waals surface area contributed by atoms with Gasteiger partial charge in [-0.1, -0.05) is 6.42 Å². The fourth-order valence-electron chi connectivity index (χ4n) is 3.97. The number of pyridine rings is 1. The van der Waals surface area contributed by atoms with Crippen LogP contribution >= 0.6 is 0 Å². The van der Waals surface area contributed by atoms with Crippen LogP contribution in [0.3, 0.4) is 0 Å². The second-order valence-electron chi connectivity index (χ2n) is 7.38. The fraction of sp³-hybridized carbons (Fsp3) is 0.500. The summed E-state index contributed by atoms with van der Waals surface area (Å²) in [5, 5.41) is 3.54. The van der Waals surface area contributed by atoms with E-state index in [1.807, 2.05) is 4.90 Å². The van der Waals surface area contributed by atoms with E-state index in [0.29, 0.717) is 24.7 Å². The van der Waals surface area contributed by atoms with Crippen LogP contribution in [0.5, 0.6) is 0 Å². The Kier molecular flexibility index (Phi) is 5.29. The maximum Gasteiger partial charge on any atom is 0.255 e. The van der Waals surface area contributed by atoms with E-state index in [9.17, 15) is 4.79 Å². The first-order chi connectivity index (χ1) is 13.2. The van der Waals surface area contributed by atoms with Crippen molar-refractivity contribution in [1.82, 2.24) is 24.8 Å². The lowest BCUT2D eigenvalue weighted by Gasteiger charge is -2.33. The number of rotatable bonds is 4. The highest BCUT2D eigenvalue weighted by Gasteiger charge is 2.26. The van der Waals surface area contributed by atoms with Gasteiger partial charge < -0.3 is 15.1 Å². The highest BCUT2D eigenvalue weighted by molar-refractivity contribution is 5.94. The number of hydrogen-bond acceptors (Lipinski definition) is 6. The van der Waals surface area contributed by atoms with Crippen LogP contribution in [0, 0.1) is 0 Å². The molecular formula is C20H26N6O. The third-order valence-corrected chi connectivity index (χ3v) is 5.63. The second-order valence-corrected chi connectivity index (χ2v) is 7.38. The smallest absolute Gasteiger partial charge is 0.255 e. The van der Waals surface area contributed by atoms with Gasteiger partial charge in [-0.3, -0.25) is 9.78 Å². The van der Waals surface area contributed by atoms with Crippen molar-refractivity contribution >= 4 is 11.7 Å². The van der Waals surface area contributed by atoms with Crippen molar-refractivity contribution in [3.8, 4) is 0 Å². The van der Waals surface area contributed by atoms with Crippen molar-refractivity contribution in [2.24, 2.45) is 0 Å². The zero-order valence-corrected chi connectivity index (χ0v) is 15.8. The van der Waals surface area contributed by atoms with E-state index in [4.69, 9.17) is 0 Å². The summed E-state index contributed by atoms with van der Waals surface area (Å²) in [5.41, 5.74) is 2.70. The molecule has 1 amide bonds. The molecule has 1 N–H and O–H groups in total. The molecule has 7 heteroatoms. The molecule has 0 bridgehead atoms. The Balaban J connectivity index is 1.44. The molecule has 0 radical (unpaired) electrons. The Bertz CT molecular complexity index is 796. The molecule has 142 valence electrons. The largest absolute Gasteiger partial charge is 0.368 e. The van der Waals surface area contributed by atoms with Gasteiger partial charge in [0.25, 0.3) is 5.91 Å². The number of piperidine rings is 1. The number of aromatic nitrogens is 3. The summed E-state index contributed by atoms with van der Waals surface area (Å²) < 4.78 is 0. The molecule has 0 aliphatic carbocycles. The molecule has 27 heavy (non-hydrogen) atoms. The van der Waals surface area contributed by atoms with Crippen LogP contribution < -0.4 is 5.32 Å². The molecule has 1 atom stereocenters. The predicted molar refractivity (Wildman–Crippen MR) is 103 cm³/mol. The first-order valence-electron chi connectivity index (χ1n) is 9.68. The Morgan fingerprint density at radius 1 is 1.30 bits per heavy atom. The van der Waals surface area contributed by atoms with Crippen molar-refractivity contribution in [2.75, 3.05) is 32.0 Å². The number of nitrogens with zero attached hydrogens (tertiary/aromatic N) is 5. The summed E-state index contributed by atoms with van der Waals surface area (Å²) in [6.07, 6.45) is 9.47. The third-order valence-electron chi connectivity index (χ3n) is 5.63. The van der Waals surface area contributed by atoms with Crippen molar-refractivity contribution in [1.29, 1.82) is 0 Å². The van der Waals surface area contributed by atoms with Crippen LogP contribution in [0.1, 0.15) is 40.9 Å². The lowest BCUT2D eigenvalue weighted by molar-refractivity contribution is 0.0731. The van der Waals surface area contributed by atoms with E-state index in [-0.39, 0.29) is 5.91 Å². The summed E-state index contributed by atoms with van der Waals surface area (Å²) in [4.78, 5) is 29.9. The average Bonchev–Trinajstić information content (AvgIpc) is 2.73. The number of likely N-dealkylation sites (N-methyl/N-ethyl adjacent to an activating group) is 1.